The maximum Gasteiger partial charge on any atom is 0.117 e. The van der Waals surface area contributed by atoms with Gasteiger partial charge in [-0.3, -0.25) is 4.98 Å². The predicted molar refractivity (Wildman–Crippen MR) is 47.2 cm³/mol. The van der Waals surface area contributed by atoms with E-state index in [0.29, 0.717) is 5.92 Å². The van der Waals surface area contributed by atoms with Crippen LogP contribution in [0.5, 0.6) is 0 Å². The summed E-state index contributed by atoms with van der Waals surface area (Å²) in [6.07, 6.45) is 3.51. The number of rotatable bonds is 1. The van der Waals surface area contributed by atoms with Crippen LogP contribution in [0.2, 0.25) is 0 Å². The van der Waals surface area contributed by atoms with Crippen LogP contribution in [-0.4, -0.2) is 4.98 Å². The van der Waals surface area contributed by atoms with Gasteiger partial charge in [0.1, 0.15) is 17.7 Å². The van der Waals surface area contributed by atoms with Gasteiger partial charge in [0.25, 0.3) is 0 Å². The number of aromatic nitrogens is 1. The third kappa shape index (κ3) is 1.09. The molecule has 0 radical (unpaired) electrons. The zero-order valence-electron chi connectivity index (χ0n) is 7.24. The fourth-order valence-electron chi connectivity index (χ4n) is 1.19. The second kappa shape index (κ2) is 2.63. The van der Waals surface area contributed by atoms with Crippen LogP contribution >= 0.6 is 0 Å². The van der Waals surface area contributed by atoms with Crippen LogP contribution < -0.4 is 0 Å². The van der Waals surface area contributed by atoms with Crippen LogP contribution in [0.3, 0.4) is 0 Å². The Morgan fingerprint density at radius 3 is 3.00 bits per heavy atom. The van der Waals surface area contributed by atoms with Gasteiger partial charge in [0, 0.05) is 17.7 Å². The molecule has 2 rings (SSSR count). The van der Waals surface area contributed by atoms with E-state index in [-0.39, 0.29) is 0 Å². The molecule has 2 aliphatic heterocycles. The molecule has 2 heterocycles. The van der Waals surface area contributed by atoms with Gasteiger partial charge in [-0.1, -0.05) is 13.8 Å². The summed E-state index contributed by atoms with van der Waals surface area (Å²) in [7, 11) is 0. The van der Waals surface area contributed by atoms with Crippen molar-refractivity contribution >= 4 is 0 Å². The molecule has 0 unspecified atom stereocenters. The number of hydrogen-bond donors (Lipinski definition) is 0. The Morgan fingerprint density at radius 1 is 1.42 bits per heavy atom. The molecular weight excluding hydrogens is 150 g/mol. The van der Waals surface area contributed by atoms with Gasteiger partial charge in [-0.2, -0.15) is 0 Å². The summed E-state index contributed by atoms with van der Waals surface area (Å²) in [6.45, 7) is 4.22. The average Bonchev–Trinajstić information content (AvgIpc) is 2.49. The Balaban J connectivity index is 2.54. The van der Waals surface area contributed by atoms with E-state index in [9.17, 15) is 0 Å². The standard InChI is InChI=1S/C10H11NO/c1-7(2)10-5-8-3-4-11-9(8)6-12-10/h3-7H,1-2H3. The normalized spacial score (nSPS) is 11.2. The molecule has 0 fully saturated rings. The zero-order valence-corrected chi connectivity index (χ0v) is 7.24. The van der Waals surface area contributed by atoms with Gasteiger partial charge in [-0.05, 0) is 12.1 Å². The molecule has 62 valence electrons. The Labute approximate surface area is 71.6 Å². The first kappa shape index (κ1) is 7.35. The fourth-order valence-corrected chi connectivity index (χ4v) is 1.19. The lowest BCUT2D eigenvalue weighted by molar-refractivity contribution is 0.470. The minimum Gasteiger partial charge on any atom is -0.467 e. The lowest BCUT2D eigenvalue weighted by Gasteiger charge is -2.05. The molecule has 0 amide bonds. The monoisotopic (exact) mass is 161 g/mol. The summed E-state index contributed by atoms with van der Waals surface area (Å²) in [6, 6.07) is 4.05. The molecule has 2 aliphatic rings. The van der Waals surface area contributed by atoms with Crippen molar-refractivity contribution in [3.05, 3.63) is 30.4 Å². The zero-order chi connectivity index (χ0) is 8.55. The second-order valence-electron chi connectivity index (χ2n) is 3.22. The molecule has 0 aromatic rings. The molecule has 0 aromatic carbocycles. The molecule has 0 saturated heterocycles. The molecule has 0 N–H and O–H groups in total. The summed E-state index contributed by atoms with van der Waals surface area (Å²) in [5.41, 5.74) is 2.09. The highest BCUT2D eigenvalue weighted by Crippen LogP contribution is 2.24. The second-order valence-corrected chi connectivity index (χ2v) is 3.22. The van der Waals surface area contributed by atoms with Gasteiger partial charge < -0.3 is 4.42 Å². The molecule has 0 saturated carbocycles. The van der Waals surface area contributed by atoms with Gasteiger partial charge in [0.15, 0.2) is 0 Å². The highest BCUT2D eigenvalue weighted by molar-refractivity contribution is 5.59. The minimum atomic E-state index is 0.435. The molecule has 12 heavy (non-hydrogen) atoms. The maximum absolute atomic E-state index is 5.40. The fraction of sp³-hybridized carbons (Fsp3) is 0.300. The Hall–Kier alpha value is -1.31. The third-order valence-electron chi connectivity index (χ3n) is 1.94. The first-order chi connectivity index (χ1) is 5.77. The van der Waals surface area contributed by atoms with E-state index in [1.807, 2.05) is 12.1 Å². The van der Waals surface area contributed by atoms with Gasteiger partial charge in [0.05, 0.1) is 0 Å². The summed E-state index contributed by atoms with van der Waals surface area (Å²) < 4.78 is 5.40. The Bertz CT molecular complexity index is 351. The van der Waals surface area contributed by atoms with Crippen LogP contribution in [0.4, 0.5) is 0 Å². The molecule has 0 atom stereocenters. The first-order valence-electron chi connectivity index (χ1n) is 4.10. The SMILES string of the molecule is CC(C)c1cc2ccnc-2co1. The van der Waals surface area contributed by atoms with Crippen molar-refractivity contribution in [3.63, 3.8) is 0 Å². The lowest BCUT2D eigenvalue weighted by atomic mass is 10.1. The molecule has 0 aromatic heterocycles. The van der Waals surface area contributed by atoms with Gasteiger partial charge in [-0.15, -0.1) is 0 Å². The summed E-state index contributed by atoms with van der Waals surface area (Å²) in [4.78, 5) is 4.13. The maximum atomic E-state index is 5.40. The van der Waals surface area contributed by atoms with Crippen LogP contribution in [0.1, 0.15) is 25.5 Å². The van der Waals surface area contributed by atoms with E-state index >= 15 is 0 Å². The molecule has 0 aliphatic carbocycles. The van der Waals surface area contributed by atoms with Crippen molar-refractivity contribution in [2.24, 2.45) is 0 Å². The Kier molecular flexibility index (Phi) is 1.61. The van der Waals surface area contributed by atoms with E-state index in [1.165, 1.54) is 0 Å². The third-order valence-corrected chi connectivity index (χ3v) is 1.94. The minimum absolute atomic E-state index is 0.435. The lowest BCUT2D eigenvalue weighted by Crippen LogP contribution is -1.87. The molecular formula is C10H11NO. The molecule has 0 bridgehead atoms. The van der Waals surface area contributed by atoms with Crippen LogP contribution in [0.15, 0.2) is 29.0 Å². The van der Waals surface area contributed by atoms with Gasteiger partial charge in [0.2, 0.25) is 0 Å². The largest absolute Gasteiger partial charge is 0.467 e. The summed E-state index contributed by atoms with van der Waals surface area (Å²) >= 11 is 0. The van der Waals surface area contributed by atoms with Gasteiger partial charge >= 0.3 is 0 Å². The quantitative estimate of drug-likeness (QED) is 0.642. The number of fused-ring (bicyclic) bond motifs is 1. The molecule has 2 nitrogen and oxygen atoms in total. The first-order valence-corrected chi connectivity index (χ1v) is 4.10. The van der Waals surface area contributed by atoms with E-state index in [1.54, 1.807) is 12.5 Å². The van der Waals surface area contributed by atoms with Crippen molar-refractivity contribution in [2.75, 3.05) is 0 Å². The van der Waals surface area contributed by atoms with E-state index in [4.69, 9.17) is 4.42 Å². The Morgan fingerprint density at radius 2 is 2.25 bits per heavy atom. The number of hydrogen-bond acceptors (Lipinski definition) is 2. The topological polar surface area (TPSA) is 26.0 Å². The van der Waals surface area contributed by atoms with E-state index in [2.05, 4.69) is 18.8 Å². The van der Waals surface area contributed by atoms with Crippen molar-refractivity contribution in [3.8, 4) is 11.3 Å². The average molecular weight is 161 g/mol. The molecule has 0 spiro atoms. The van der Waals surface area contributed by atoms with Crippen molar-refractivity contribution < 1.29 is 4.42 Å². The number of nitrogens with zero attached hydrogens (tertiary/aromatic N) is 1. The van der Waals surface area contributed by atoms with Crippen LogP contribution in [0, 0.1) is 0 Å². The van der Waals surface area contributed by atoms with E-state index in [0.717, 1.165) is 17.0 Å². The van der Waals surface area contributed by atoms with Crippen molar-refractivity contribution in [2.45, 2.75) is 19.8 Å². The highest BCUT2D eigenvalue weighted by atomic mass is 16.3. The summed E-state index contributed by atoms with van der Waals surface area (Å²) in [5, 5.41) is 0. The van der Waals surface area contributed by atoms with Gasteiger partial charge in [-0.25, -0.2) is 0 Å². The predicted octanol–water partition coefficient (Wildman–Crippen LogP) is 2.90. The van der Waals surface area contributed by atoms with E-state index < -0.39 is 0 Å². The molecule has 2 heteroatoms. The highest BCUT2D eigenvalue weighted by Gasteiger charge is 2.08. The summed E-state index contributed by atoms with van der Waals surface area (Å²) in [5.74, 6) is 1.44. The van der Waals surface area contributed by atoms with Crippen molar-refractivity contribution in [1.82, 2.24) is 4.98 Å². The van der Waals surface area contributed by atoms with Crippen LogP contribution in [0.25, 0.3) is 11.3 Å². The van der Waals surface area contributed by atoms with Crippen molar-refractivity contribution in [1.29, 1.82) is 0 Å². The smallest absolute Gasteiger partial charge is 0.117 e. The van der Waals surface area contributed by atoms with Crippen LogP contribution in [-0.2, 0) is 0 Å².